The van der Waals surface area contributed by atoms with Gasteiger partial charge in [-0.05, 0) is 25.0 Å². The van der Waals surface area contributed by atoms with Crippen LogP contribution in [0.4, 0.5) is 10.2 Å². The Balaban J connectivity index is 2.12. The molecule has 0 saturated heterocycles. The molecule has 3 nitrogen and oxygen atoms in total. The standard InChI is InChI=1S/C13H14FN3/c14-10-5-3-4-9(8-10)12-13(15)17-7-2-1-6-11(17)16-12/h3-5,8H,1-2,6-7,15H2. The SMILES string of the molecule is Nc1c(-c2cccc(F)c2)nc2n1CCCC2. The Morgan fingerprint density at radius 3 is 2.94 bits per heavy atom. The van der Waals surface area contributed by atoms with E-state index in [1.165, 1.54) is 12.1 Å². The fourth-order valence-electron chi connectivity index (χ4n) is 2.36. The van der Waals surface area contributed by atoms with Gasteiger partial charge in [-0.2, -0.15) is 0 Å². The number of hydrogen-bond acceptors (Lipinski definition) is 2. The number of halogens is 1. The first-order valence-electron chi connectivity index (χ1n) is 5.86. The van der Waals surface area contributed by atoms with Crippen LogP contribution in [-0.4, -0.2) is 9.55 Å². The van der Waals surface area contributed by atoms with Gasteiger partial charge < -0.3 is 10.3 Å². The summed E-state index contributed by atoms with van der Waals surface area (Å²) in [4.78, 5) is 4.53. The lowest BCUT2D eigenvalue weighted by Gasteiger charge is -2.14. The minimum atomic E-state index is -0.257. The second-order valence-electron chi connectivity index (χ2n) is 4.38. The van der Waals surface area contributed by atoms with Crippen molar-refractivity contribution in [3.8, 4) is 11.3 Å². The Hall–Kier alpha value is -1.84. The molecule has 1 aromatic heterocycles. The number of imidazole rings is 1. The predicted octanol–water partition coefficient (Wildman–Crippen LogP) is 2.61. The molecule has 17 heavy (non-hydrogen) atoms. The molecule has 0 atom stereocenters. The highest BCUT2D eigenvalue weighted by Gasteiger charge is 2.18. The number of hydrogen-bond donors (Lipinski definition) is 1. The molecule has 0 bridgehead atoms. The van der Waals surface area contributed by atoms with Gasteiger partial charge in [0.15, 0.2) is 0 Å². The van der Waals surface area contributed by atoms with Crippen molar-refractivity contribution >= 4 is 5.82 Å². The van der Waals surface area contributed by atoms with Gasteiger partial charge in [0.25, 0.3) is 0 Å². The van der Waals surface area contributed by atoms with Crippen molar-refractivity contribution in [2.75, 3.05) is 5.73 Å². The summed E-state index contributed by atoms with van der Waals surface area (Å²) >= 11 is 0. The third-order valence-corrected chi connectivity index (χ3v) is 3.22. The van der Waals surface area contributed by atoms with E-state index in [1.54, 1.807) is 6.07 Å². The average molecular weight is 231 g/mol. The second kappa shape index (κ2) is 3.87. The molecule has 0 saturated carbocycles. The van der Waals surface area contributed by atoms with Crippen LogP contribution in [0.15, 0.2) is 24.3 Å². The summed E-state index contributed by atoms with van der Waals surface area (Å²) in [7, 11) is 0. The van der Waals surface area contributed by atoms with Crippen LogP contribution >= 0.6 is 0 Å². The number of anilines is 1. The molecule has 1 aliphatic heterocycles. The molecular formula is C13H14FN3. The van der Waals surface area contributed by atoms with Gasteiger partial charge in [0.1, 0.15) is 23.2 Å². The van der Waals surface area contributed by atoms with Crippen molar-refractivity contribution in [3.05, 3.63) is 35.9 Å². The van der Waals surface area contributed by atoms with Gasteiger partial charge in [-0.25, -0.2) is 9.37 Å². The second-order valence-corrected chi connectivity index (χ2v) is 4.38. The van der Waals surface area contributed by atoms with Gasteiger partial charge in [0.2, 0.25) is 0 Å². The summed E-state index contributed by atoms with van der Waals surface area (Å²) in [5, 5.41) is 0. The quantitative estimate of drug-likeness (QED) is 0.819. The zero-order valence-corrected chi connectivity index (χ0v) is 9.49. The molecule has 3 rings (SSSR count). The van der Waals surface area contributed by atoms with Gasteiger partial charge in [-0.15, -0.1) is 0 Å². The molecule has 0 spiro atoms. The number of aromatic nitrogens is 2. The molecule has 2 N–H and O–H groups in total. The summed E-state index contributed by atoms with van der Waals surface area (Å²) in [5.74, 6) is 1.42. The van der Waals surface area contributed by atoms with Crippen LogP contribution in [0.1, 0.15) is 18.7 Å². The fraction of sp³-hybridized carbons (Fsp3) is 0.308. The average Bonchev–Trinajstić information content (AvgIpc) is 2.68. The minimum absolute atomic E-state index is 0.257. The van der Waals surface area contributed by atoms with E-state index in [0.717, 1.165) is 37.2 Å². The summed E-state index contributed by atoms with van der Waals surface area (Å²) in [6.07, 6.45) is 3.24. The van der Waals surface area contributed by atoms with Gasteiger partial charge in [0.05, 0.1) is 0 Å². The molecule has 4 heteroatoms. The fourth-order valence-corrected chi connectivity index (χ4v) is 2.36. The van der Waals surface area contributed by atoms with Gasteiger partial charge in [-0.1, -0.05) is 12.1 Å². The highest BCUT2D eigenvalue weighted by atomic mass is 19.1. The van der Waals surface area contributed by atoms with Gasteiger partial charge in [-0.3, -0.25) is 0 Å². The van der Waals surface area contributed by atoms with E-state index in [0.29, 0.717) is 11.5 Å². The summed E-state index contributed by atoms with van der Waals surface area (Å²) in [5.41, 5.74) is 7.55. The summed E-state index contributed by atoms with van der Waals surface area (Å²) < 4.78 is 15.2. The lowest BCUT2D eigenvalue weighted by Crippen LogP contribution is -2.12. The first-order valence-corrected chi connectivity index (χ1v) is 5.86. The highest BCUT2D eigenvalue weighted by Crippen LogP contribution is 2.29. The maximum absolute atomic E-state index is 13.2. The van der Waals surface area contributed by atoms with E-state index in [1.807, 2.05) is 10.6 Å². The predicted molar refractivity (Wildman–Crippen MR) is 65.0 cm³/mol. The summed E-state index contributed by atoms with van der Waals surface area (Å²) in [6.45, 7) is 0.920. The molecular weight excluding hydrogens is 217 g/mol. The highest BCUT2D eigenvalue weighted by molar-refractivity contribution is 5.71. The molecule has 0 amide bonds. The van der Waals surface area contributed by atoms with Crippen LogP contribution in [0.2, 0.25) is 0 Å². The van der Waals surface area contributed by atoms with Crippen LogP contribution in [-0.2, 0) is 13.0 Å². The Bertz CT molecular complexity index is 560. The Kier molecular flexibility index (Phi) is 2.35. The van der Waals surface area contributed by atoms with E-state index < -0.39 is 0 Å². The Labute approximate surface area is 99.1 Å². The van der Waals surface area contributed by atoms with Crippen molar-refractivity contribution < 1.29 is 4.39 Å². The molecule has 0 radical (unpaired) electrons. The molecule has 88 valence electrons. The monoisotopic (exact) mass is 231 g/mol. The smallest absolute Gasteiger partial charge is 0.131 e. The van der Waals surface area contributed by atoms with Gasteiger partial charge >= 0.3 is 0 Å². The lowest BCUT2D eigenvalue weighted by atomic mass is 10.1. The zero-order valence-electron chi connectivity index (χ0n) is 9.49. The number of nitrogens with zero attached hydrogens (tertiary/aromatic N) is 2. The molecule has 0 aliphatic carbocycles. The number of aryl methyl sites for hydroxylation is 1. The van der Waals surface area contributed by atoms with Crippen molar-refractivity contribution in [2.45, 2.75) is 25.8 Å². The van der Waals surface area contributed by atoms with E-state index in [-0.39, 0.29) is 5.82 Å². The molecule has 0 unspecified atom stereocenters. The molecule has 1 aliphatic rings. The number of benzene rings is 1. The first kappa shape index (κ1) is 10.3. The molecule has 0 fully saturated rings. The largest absolute Gasteiger partial charge is 0.383 e. The van der Waals surface area contributed by atoms with Crippen LogP contribution in [0.3, 0.4) is 0 Å². The first-order chi connectivity index (χ1) is 8.25. The Morgan fingerprint density at radius 1 is 1.29 bits per heavy atom. The Morgan fingerprint density at radius 2 is 2.18 bits per heavy atom. The topological polar surface area (TPSA) is 43.8 Å². The van der Waals surface area contributed by atoms with Crippen molar-refractivity contribution in [3.63, 3.8) is 0 Å². The maximum atomic E-state index is 13.2. The van der Waals surface area contributed by atoms with Crippen molar-refractivity contribution in [1.29, 1.82) is 0 Å². The van der Waals surface area contributed by atoms with E-state index in [4.69, 9.17) is 5.73 Å². The third kappa shape index (κ3) is 1.69. The van der Waals surface area contributed by atoms with E-state index in [2.05, 4.69) is 4.98 Å². The van der Waals surface area contributed by atoms with Crippen LogP contribution < -0.4 is 5.73 Å². The molecule has 2 aromatic rings. The van der Waals surface area contributed by atoms with Crippen LogP contribution in [0.5, 0.6) is 0 Å². The van der Waals surface area contributed by atoms with Crippen molar-refractivity contribution in [1.82, 2.24) is 9.55 Å². The number of nitrogen functional groups attached to an aromatic ring is 1. The molecule has 1 aromatic carbocycles. The van der Waals surface area contributed by atoms with Gasteiger partial charge in [0, 0.05) is 18.5 Å². The maximum Gasteiger partial charge on any atom is 0.131 e. The lowest BCUT2D eigenvalue weighted by molar-refractivity contribution is 0.527. The normalized spacial score (nSPS) is 14.6. The van der Waals surface area contributed by atoms with Crippen LogP contribution in [0, 0.1) is 5.82 Å². The number of nitrogens with two attached hydrogens (primary N) is 1. The van der Waals surface area contributed by atoms with E-state index in [9.17, 15) is 4.39 Å². The third-order valence-electron chi connectivity index (χ3n) is 3.22. The number of rotatable bonds is 1. The van der Waals surface area contributed by atoms with E-state index >= 15 is 0 Å². The van der Waals surface area contributed by atoms with Crippen molar-refractivity contribution in [2.24, 2.45) is 0 Å². The zero-order chi connectivity index (χ0) is 11.8. The summed E-state index contributed by atoms with van der Waals surface area (Å²) in [6, 6.07) is 6.43. The number of fused-ring (bicyclic) bond motifs is 1. The molecule has 2 heterocycles. The van der Waals surface area contributed by atoms with Crippen LogP contribution in [0.25, 0.3) is 11.3 Å². The minimum Gasteiger partial charge on any atom is -0.383 e.